The van der Waals surface area contributed by atoms with E-state index in [1.54, 1.807) is 6.07 Å². The molecule has 0 unspecified atom stereocenters. The van der Waals surface area contributed by atoms with Crippen molar-refractivity contribution in [2.75, 3.05) is 6.54 Å². The molecule has 1 aromatic rings. The lowest BCUT2D eigenvalue weighted by Gasteiger charge is -2.17. The first-order chi connectivity index (χ1) is 8.54. The van der Waals surface area contributed by atoms with E-state index in [1.165, 1.54) is 12.1 Å². The molecule has 1 heterocycles. The van der Waals surface area contributed by atoms with Gasteiger partial charge in [-0.25, -0.2) is 4.39 Å². The Morgan fingerprint density at radius 3 is 3.00 bits per heavy atom. The Hall–Kier alpha value is -1.42. The molecule has 0 saturated carbocycles. The van der Waals surface area contributed by atoms with Gasteiger partial charge in [0.1, 0.15) is 11.6 Å². The molecule has 0 saturated heterocycles. The van der Waals surface area contributed by atoms with Gasteiger partial charge in [-0.3, -0.25) is 0 Å². The van der Waals surface area contributed by atoms with Crippen LogP contribution < -0.4 is 15.8 Å². The van der Waals surface area contributed by atoms with Gasteiger partial charge in [0.2, 0.25) is 0 Å². The molecule has 0 aliphatic carbocycles. The summed E-state index contributed by atoms with van der Waals surface area (Å²) >= 11 is 5.61. The summed E-state index contributed by atoms with van der Waals surface area (Å²) in [6, 6.07) is 4.46. The molecule has 0 aromatic heterocycles. The van der Waals surface area contributed by atoms with Crippen molar-refractivity contribution >= 4 is 11.6 Å². The molecule has 2 rings (SSSR count). The summed E-state index contributed by atoms with van der Waals surface area (Å²) < 4.78 is 18.9. The Balaban J connectivity index is 1.90. The fraction of sp³-hybridized carbons (Fsp3) is 0.385. The zero-order valence-electron chi connectivity index (χ0n) is 10.1. The number of ether oxygens (including phenoxy) is 1. The first kappa shape index (κ1) is 13.0. The summed E-state index contributed by atoms with van der Waals surface area (Å²) in [6.07, 6.45) is 2.81. The predicted octanol–water partition coefficient (Wildman–Crippen LogP) is 2.66. The standard InChI is InChI=1S/C13H16ClFN2O/c1-8(4-9-5-13(16)17-7-9)18-10-2-3-11(14)12(15)6-10/h2-3,5-6,8-9,17H,4,7,16H2,1H3/t8-,9-/m0/s1. The Kier molecular flexibility index (Phi) is 3.97. The normalized spacial score (nSPS) is 20.2. The molecule has 3 N–H and O–H groups in total. The van der Waals surface area contributed by atoms with Crippen LogP contribution in [0.2, 0.25) is 5.02 Å². The highest BCUT2D eigenvalue weighted by Gasteiger charge is 2.17. The van der Waals surface area contributed by atoms with Crippen LogP contribution in [0.1, 0.15) is 13.3 Å². The minimum atomic E-state index is -0.465. The van der Waals surface area contributed by atoms with Crippen LogP contribution in [-0.4, -0.2) is 12.6 Å². The van der Waals surface area contributed by atoms with Gasteiger partial charge in [-0.2, -0.15) is 0 Å². The third-order valence-electron chi connectivity index (χ3n) is 2.85. The molecule has 5 heteroatoms. The van der Waals surface area contributed by atoms with Crippen molar-refractivity contribution in [3.8, 4) is 5.75 Å². The van der Waals surface area contributed by atoms with Crippen molar-refractivity contribution in [1.29, 1.82) is 0 Å². The molecular formula is C13H16ClFN2O. The number of benzene rings is 1. The maximum atomic E-state index is 13.2. The summed E-state index contributed by atoms with van der Waals surface area (Å²) in [6.45, 7) is 2.78. The first-order valence-electron chi connectivity index (χ1n) is 5.87. The lowest BCUT2D eigenvalue weighted by Crippen LogP contribution is -2.21. The second kappa shape index (κ2) is 5.48. The highest BCUT2D eigenvalue weighted by Crippen LogP contribution is 2.23. The average Bonchev–Trinajstić information content (AvgIpc) is 2.69. The summed E-state index contributed by atoms with van der Waals surface area (Å²) in [5, 5.41) is 3.16. The van der Waals surface area contributed by atoms with Crippen molar-refractivity contribution in [1.82, 2.24) is 5.32 Å². The van der Waals surface area contributed by atoms with Crippen molar-refractivity contribution in [2.45, 2.75) is 19.4 Å². The van der Waals surface area contributed by atoms with Gasteiger partial charge in [-0.1, -0.05) is 11.6 Å². The van der Waals surface area contributed by atoms with Crippen LogP contribution in [0.5, 0.6) is 5.75 Å². The van der Waals surface area contributed by atoms with Crippen LogP contribution in [0.25, 0.3) is 0 Å². The molecule has 1 aliphatic heterocycles. The molecule has 1 aliphatic rings. The smallest absolute Gasteiger partial charge is 0.145 e. The third-order valence-corrected chi connectivity index (χ3v) is 3.15. The van der Waals surface area contributed by atoms with E-state index < -0.39 is 5.82 Å². The van der Waals surface area contributed by atoms with Gasteiger partial charge >= 0.3 is 0 Å². The fourth-order valence-electron chi connectivity index (χ4n) is 2.03. The summed E-state index contributed by atoms with van der Waals surface area (Å²) in [4.78, 5) is 0. The second-order valence-corrected chi connectivity index (χ2v) is 4.91. The van der Waals surface area contributed by atoms with Gasteiger partial charge in [0.05, 0.1) is 16.9 Å². The van der Waals surface area contributed by atoms with Gasteiger partial charge in [-0.05, 0) is 31.6 Å². The maximum absolute atomic E-state index is 13.2. The van der Waals surface area contributed by atoms with Crippen LogP contribution in [0.4, 0.5) is 4.39 Å². The minimum absolute atomic E-state index is 0.0143. The molecule has 3 nitrogen and oxygen atoms in total. The minimum Gasteiger partial charge on any atom is -0.491 e. The molecule has 1 aromatic carbocycles. The van der Waals surface area contributed by atoms with Crippen LogP contribution in [0.3, 0.4) is 0 Å². The van der Waals surface area contributed by atoms with E-state index in [0.717, 1.165) is 13.0 Å². The van der Waals surface area contributed by atoms with Crippen LogP contribution >= 0.6 is 11.6 Å². The van der Waals surface area contributed by atoms with Gasteiger partial charge in [-0.15, -0.1) is 0 Å². The summed E-state index contributed by atoms with van der Waals surface area (Å²) in [5.41, 5.74) is 5.63. The highest BCUT2D eigenvalue weighted by atomic mass is 35.5. The number of nitrogens with one attached hydrogen (secondary N) is 1. The van der Waals surface area contributed by atoms with E-state index in [4.69, 9.17) is 22.1 Å². The van der Waals surface area contributed by atoms with Crippen LogP contribution in [0, 0.1) is 11.7 Å². The molecule has 0 spiro atoms. The van der Waals surface area contributed by atoms with Gasteiger partial charge in [0.25, 0.3) is 0 Å². The monoisotopic (exact) mass is 270 g/mol. The SMILES string of the molecule is C[C@@H](C[C@H]1C=C(N)NC1)Oc1ccc(Cl)c(F)c1. The van der Waals surface area contributed by atoms with Crippen LogP contribution in [0.15, 0.2) is 30.1 Å². The molecular weight excluding hydrogens is 255 g/mol. The highest BCUT2D eigenvalue weighted by molar-refractivity contribution is 6.30. The Bertz CT molecular complexity index is 464. The average molecular weight is 271 g/mol. The molecule has 0 radical (unpaired) electrons. The molecule has 18 heavy (non-hydrogen) atoms. The van der Waals surface area contributed by atoms with E-state index >= 15 is 0 Å². The zero-order valence-corrected chi connectivity index (χ0v) is 10.9. The lowest BCUT2D eigenvalue weighted by molar-refractivity contribution is 0.196. The predicted molar refractivity (Wildman–Crippen MR) is 69.9 cm³/mol. The van der Waals surface area contributed by atoms with Gasteiger partial charge in [0, 0.05) is 18.5 Å². The number of rotatable bonds is 4. The third kappa shape index (κ3) is 3.29. The Morgan fingerprint density at radius 2 is 2.39 bits per heavy atom. The number of hydrogen-bond donors (Lipinski definition) is 2. The Labute approximate surface area is 111 Å². The molecule has 2 atom stereocenters. The van der Waals surface area contributed by atoms with Gasteiger partial charge < -0.3 is 15.8 Å². The topological polar surface area (TPSA) is 47.3 Å². The van der Waals surface area contributed by atoms with E-state index in [-0.39, 0.29) is 11.1 Å². The quantitative estimate of drug-likeness (QED) is 0.884. The largest absolute Gasteiger partial charge is 0.491 e. The van der Waals surface area contributed by atoms with E-state index in [0.29, 0.717) is 17.5 Å². The molecule has 98 valence electrons. The zero-order chi connectivity index (χ0) is 13.1. The number of nitrogens with two attached hydrogens (primary N) is 1. The van der Waals surface area contributed by atoms with Crippen molar-refractivity contribution in [2.24, 2.45) is 11.7 Å². The molecule has 0 fully saturated rings. The van der Waals surface area contributed by atoms with Crippen molar-refractivity contribution < 1.29 is 9.13 Å². The number of halogens is 2. The van der Waals surface area contributed by atoms with Crippen molar-refractivity contribution in [3.05, 3.63) is 40.9 Å². The van der Waals surface area contributed by atoms with Gasteiger partial charge in [0.15, 0.2) is 0 Å². The summed E-state index contributed by atoms with van der Waals surface area (Å²) in [5.74, 6) is 1.10. The summed E-state index contributed by atoms with van der Waals surface area (Å²) in [7, 11) is 0. The lowest BCUT2D eigenvalue weighted by atomic mass is 10.0. The molecule has 0 amide bonds. The second-order valence-electron chi connectivity index (χ2n) is 4.50. The first-order valence-corrected chi connectivity index (χ1v) is 6.25. The molecule has 0 bridgehead atoms. The number of hydrogen-bond acceptors (Lipinski definition) is 3. The Morgan fingerprint density at radius 1 is 1.61 bits per heavy atom. The maximum Gasteiger partial charge on any atom is 0.145 e. The van der Waals surface area contributed by atoms with Crippen molar-refractivity contribution in [3.63, 3.8) is 0 Å². The fourth-order valence-corrected chi connectivity index (χ4v) is 2.15. The van der Waals surface area contributed by atoms with E-state index in [9.17, 15) is 4.39 Å². The van der Waals surface area contributed by atoms with E-state index in [1.807, 2.05) is 13.0 Å². The van der Waals surface area contributed by atoms with Crippen LogP contribution in [-0.2, 0) is 0 Å². The van der Waals surface area contributed by atoms with E-state index in [2.05, 4.69) is 5.32 Å².